The zero-order chi connectivity index (χ0) is 15.6. The molecule has 0 spiro atoms. The van der Waals surface area contributed by atoms with Crippen LogP contribution in [0.5, 0.6) is 11.5 Å². The van der Waals surface area contributed by atoms with E-state index in [1.54, 1.807) is 25.3 Å². The fraction of sp³-hybridized carbons (Fsp3) is 0.278. The Morgan fingerprint density at radius 1 is 1.10 bits per heavy atom. The normalized spacial score (nSPS) is 12.0. The van der Waals surface area contributed by atoms with Gasteiger partial charge < -0.3 is 9.84 Å². The first-order valence-electron chi connectivity index (χ1n) is 6.92. The summed E-state index contributed by atoms with van der Waals surface area (Å²) in [5.41, 5.74) is 3.39. The van der Waals surface area contributed by atoms with Gasteiger partial charge in [-0.15, -0.1) is 0 Å². The van der Waals surface area contributed by atoms with Crippen molar-refractivity contribution < 1.29 is 14.6 Å². The van der Waals surface area contributed by atoms with Crippen molar-refractivity contribution in [1.82, 2.24) is 0 Å². The molecule has 2 aromatic carbocycles. The molecule has 1 unspecified atom stereocenters. The SMILES string of the molecule is COc1cc(C(C)C(=O)c2ccc(O)cc2C)ccc1C. The number of phenols is 1. The second kappa shape index (κ2) is 6.00. The molecule has 0 radical (unpaired) electrons. The lowest BCUT2D eigenvalue weighted by atomic mass is 9.89. The Morgan fingerprint density at radius 3 is 2.43 bits per heavy atom. The molecule has 2 aromatic rings. The van der Waals surface area contributed by atoms with E-state index in [0.717, 1.165) is 22.4 Å². The summed E-state index contributed by atoms with van der Waals surface area (Å²) < 4.78 is 5.32. The van der Waals surface area contributed by atoms with Crippen LogP contribution in [-0.4, -0.2) is 18.0 Å². The summed E-state index contributed by atoms with van der Waals surface area (Å²) in [6.45, 7) is 5.69. The van der Waals surface area contributed by atoms with Crippen LogP contribution >= 0.6 is 0 Å². The van der Waals surface area contributed by atoms with Gasteiger partial charge in [0, 0.05) is 11.5 Å². The number of phenolic OH excluding ortho intramolecular Hbond substituents is 1. The molecule has 1 atom stereocenters. The first kappa shape index (κ1) is 15.1. The highest BCUT2D eigenvalue weighted by atomic mass is 16.5. The fourth-order valence-corrected chi connectivity index (χ4v) is 2.41. The molecule has 21 heavy (non-hydrogen) atoms. The summed E-state index contributed by atoms with van der Waals surface area (Å²) in [5.74, 6) is 0.740. The molecule has 0 heterocycles. The Labute approximate surface area is 125 Å². The molecular formula is C18H20O3. The average Bonchev–Trinajstić information content (AvgIpc) is 2.46. The molecular weight excluding hydrogens is 264 g/mol. The van der Waals surface area contributed by atoms with Crippen LogP contribution in [0.4, 0.5) is 0 Å². The molecule has 2 rings (SSSR count). The van der Waals surface area contributed by atoms with E-state index in [-0.39, 0.29) is 17.5 Å². The molecule has 1 N–H and O–H groups in total. The topological polar surface area (TPSA) is 46.5 Å². The van der Waals surface area contributed by atoms with E-state index in [2.05, 4.69) is 0 Å². The van der Waals surface area contributed by atoms with E-state index in [4.69, 9.17) is 4.74 Å². The van der Waals surface area contributed by atoms with E-state index in [0.29, 0.717) is 5.56 Å². The Balaban J connectivity index is 2.35. The van der Waals surface area contributed by atoms with Gasteiger partial charge in [-0.1, -0.05) is 19.1 Å². The number of Topliss-reactive ketones (excluding diaryl/α,β-unsaturated/α-hetero) is 1. The number of benzene rings is 2. The standard InChI is InChI=1S/C18H20O3/c1-11-5-6-14(10-17(11)21-4)13(3)18(20)16-8-7-15(19)9-12(16)2/h5-10,13,19H,1-4H3. The van der Waals surface area contributed by atoms with E-state index in [1.807, 2.05) is 39.0 Å². The minimum atomic E-state index is -0.261. The lowest BCUT2D eigenvalue weighted by Gasteiger charge is -2.15. The predicted molar refractivity (Wildman–Crippen MR) is 83.3 cm³/mol. The van der Waals surface area contributed by atoms with Crippen LogP contribution < -0.4 is 4.74 Å². The number of aryl methyl sites for hydroxylation is 2. The van der Waals surface area contributed by atoms with Crippen molar-refractivity contribution in [2.24, 2.45) is 0 Å². The molecule has 0 aromatic heterocycles. The number of aromatic hydroxyl groups is 1. The van der Waals surface area contributed by atoms with Crippen molar-refractivity contribution in [3.05, 3.63) is 58.7 Å². The number of hydrogen-bond acceptors (Lipinski definition) is 3. The van der Waals surface area contributed by atoms with E-state index in [9.17, 15) is 9.90 Å². The van der Waals surface area contributed by atoms with Gasteiger partial charge in [0.25, 0.3) is 0 Å². The third-order valence-corrected chi connectivity index (χ3v) is 3.80. The summed E-state index contributed by atoms with van der Waals surface area (Å²) >= 11 is 0. The second-order valence-corrected chi connectivity index (χ2v) is 5.31. The van der Waals surface area contributed by atoms with Crippen LogP contribution in [0.3, 0.4) is 0 Å². The molecule has 0 amide bonds. The Morgan fingerprint density at radius 2 is 1.81 bits per heavy atom. The second-order valence-electron chi connectivity index (χ2n) is 5.31. The van der Waals surface area contributed by atoms with Gasteiger partial charge in [0.05, 0.1) is 7.11 Å². The maximum Gasteiger partial charge on any atom is 0.170 e. The van der Waals surface area contributed by atoms with Gasteiger partial charge in [-0.05, 0) is 54.8 Å². The number of hydrogen-bond donors (Lipinski definition) is 1. The summed E-state index contributed by atoms with van der Waals surface area (Å²) in [6.07, 6.45) is 0. The van der Waals surface area contributed by atoms with Crippen molar-refractivity contribution in [3.8, 4) is 11.5 Å². The molecule has 0 aliphatic carbocycles. The molecule has 0 saturated carbocycles. The first-order chi connectivity index (χ1) is 9.93. The smallest absolute Gasteiger partial charge is 0.170 e. The highest BCUT2D eigenvalue weighted by Crippen LogP contribution is 2.28. The Kier molecular flexibility index (Phi) is 4.32. The number of rotatable bonds is 4. The minimum Gasteiger partial charge on any atom is -0.508 e. The summed E-state index contributed by atoms with van der Waals surface area (Å²) in [7, 11) is 1.63. The van der Waals surface area contributed by atoms with Crippen LogP contribution in [-0.2, 0) is 0 Å². The lowest BCUT2D eigenvalue weighted by molar-refractivity contribution is 0.0965. The van der Waals surface area contributed by atoms with Crippen LogP contribution in [0.15, 0.2) is 36.4 Å². The highest BCUT2D eigenvalue weighted by molar-refractivity contribution is 6.02. The van der Waals surface area contributed by atoms with Crippen LogP contribution in [0.25, 0.3) is 0 Å². The Bertz CT molecular complexity index is 674. The molecule has 110 valence electrons. The van der Waals surface area contributed by atoms with Crippen molar-refractivity contribution >= 4 is 5.78 Å². The van der Waals surface area contributed by atoms with Gasteiger partial charge in [-0.25, -0.2) is 0 Å². The third kappa shape index (κ3) is 3.07. The van der Waals surface area contributed by atoms with Gasteiger partial charge in [-0.2, -0.15) is 0 Å². The number of carbonyl (C=O) groups is 1. The minimum absolute atomic E-state index is 0.0402. The molecule has 0 saturated heterocycles. The molecule has 0 bridgehead atoms. The van der Waals surface area contributed by atoms with E-state index < -0.39 is 0 Å². The lowest BCUT2D eigenvalue weighted by Crippen LogP contribution is -2.11. The van der Waals surface area contributed by atoms with Crippen LogP contribution in [0.1, 0.15) is 39.9 Å². The fourth-order valence-electron chi connectivity index (χ4n) is 2.41. The largest absolute Gasteiger partial charge is 0.508 e. The molecule has 0 aliphatic heterocycles. The van der Waals surface area contributed by atoms with Gasteiger partial charge >= 0.3 is 0 Å². The summed E-state index contributed by atoms with van der Waals surface area (Å²) in [4.78, 5) is 12.6. The summed E-state index contributed by atoms with van der Waals surface area (Å²) in [6, 6.07) is 10.7. The number of carbonyl (C=O) groups excluding carboxylic acids is 1. The van der Waals surface area contributed by atoms with Gasteiger partial charge in [-0.3, -0.25) is 4.79 Å². The van der Waals surface area contributed by atoms with Gasteiger partial charge in [0.2, 0.25) is 0 Å². The maximum atomic E-state index is 12.6. The van der Waals surface area contributed by atoms with E-state index >= 15 is 0 Å². The third-order valence-electron chi connectivity index (χ3n) is 3.80. The highest BCUT2D eigenvalue weighted by Gasteiger charge is 2.20. The monoisotopic (exact) mass is 284 g/mol. The predicted octanol–water partition coefficient (Wildman–Crippen LogP) is 4.00. The Hall–Kier alpha value is -2.29. The van der Waals surface area contributed by atoms with Crippen molar-refractivity contribution in [2.75, 3.05) is 7.11 Å². The van der Waals surface area contributed by atoms with Crippen molar-refractivity contribution in [3.63, 3.8) is 0 Å². The number of ether oxygens (including phenoxy) is 1. The zero-order valence-corrected chi connectivity index (χ0v) is 12.8. The van der Waals surface area contributed by atoms with Crippen LogP contribution in [0.2, 0.25) is 0 Å². The van der Waals surface area contributed by atoms with Crippen LogP contribution in [0, 0.1) is 13.8 Å². The average molecular weight is 284 g/mol. The van der Waals surface area contributed by atoms with Gasteiger partial charge in [0.15, 0.2) is 5.78 Å². The quantitative estimate of drug-likeness (QED) is 0.863. The number of ketones is 1. The summed E-state index contributed by atoms with van der Waals surface area (Å²) in [5, 5.41) is 9.45. The molecule has 3 nitrogen and oxygen atoms in total. The molecule has 3 heteroatoms. The number of methoxy groups -OCH3 is 1. The van der Waals surface area contributed by atoms with Crippen molar-refractivity contribution in [1.29, 1.82) is 0 Å². The molecule has 0 fully saturated rings. The first-order valence-corrected chi connectivity index (χ1v) is 6.92. The van der Waals surface area contributed by atoms with E-state index in [1.165, 1.54) is 0 Å². The zero-order valence-electron chi connectivity index (χ0n) is 12.8. The molecule has 0 aliphatic rings. The van der Waals surface area contributed by atoms with Crippen molar-refractivity contribution in [2.45, 2.75) is 26.7 Å². The maximum absolute atomic E-state index is 12.6. The van der Waals surface area contributed by atoms with Gasteiger partial charge in [0.1, 0.15) is 11.5 Å².